The maximum absolute atomic E-state index is 13.0. The summed E-state index contributed by atoms with van der Waals surface area (Å²) in [6.45, 7) is 7.24. The second-order valence-corrected chi connectivity index (χ2v) is 5.69. The first-order valence-corrected chi connectivity index (χ1v) is 8.48. The Labute approximate surface area is 148 Å². The predicted octanol–water partition coefficient (Wildman–Crippen LogP) is 4.16. The first-order valence-electron chi connectivity index (χ1n) is 8.48. The van der Waals surface area contributed by atoms with E-state index in [0.29, 0.717) is 36.8 Å². The van der Waals surface area contributed by atoms with Crippen molar-refractivity contribution in [3.63, 3.8) is 0 Å². The number of carbonyl (C=O) groups excluding carboxylic acids is 1. The number of halogens is 1. The SMILES string of the molecule is CCOc1ccc(C(=O)NCC(C)c2ccc(F)cc2)cc1OCC. The lowest BCUT2D eigenvalue weighted by Gasteiger charge is -2.15. The molecule has 0 aliphatic carbocycles. The van der Waals surface area contributed by atoms with Gasteiger partial charge in [0.25, 0.3) is 5.91 Å². The van der Waals surface area contributed by atoms with Gasteiger partial charge in [0, 0.05) is 12.1 Å². The van der Waals surface area contributed by atoms with Crippen molar-refractivity contribution in [2.24, 2.45) is 0 Å². The summed E-state index contributed by atoms with van der Waals surface area (Å²) in [6, 6.07) is 11.5. The largest absolute Gasteiger partial charge is 0.490 e. The highest BCUT2D eigenvalue weighted by Crippen LogP contribution is 2.28. The summed E-state index contributed by atoms with van der Waals surface area (Å²) >= 11 is 0. The third-order valence-electron chi connectivity index (χ3n) is 3.81. The van der Waals surface area contributed by atoms with Crippen molar-refractivity contribution >= 4 is 5.91 Å². The maximum atomic E-state index is 13.0. The lowest BCUT2D eigenvalue weighted by Crippen LogP contribution is -2.27. The Morgan fingerprint density at radius 2 is 1.68 bits per heavy atom. The zero-order valence-electron chi connectivity index (χ0n) is 14.8. The minimum Gasteiger partial charge on any atom is -0.490 e. The molecular formula is C20H24FNO3. The number of hydrogen-bond donors (Lipinski definition) is 1. The number of hydrogen-bond acceptors (Lipinski definition) is 3. The molecule has 0 aliphatic rings. The zero-order valence-corrected chi connectivity index (χ0v) is 14.8. The van der Waals surface area contributed by atoms with Crippen LogP contribution in [0.25, 0.3) is 0 Å². The van der Waals surface area contributed by atoms with E-state index in [0.717, 1.165) is 5.56 Å². The first-order chi connectivity index (χ1) is 12.0. The smallest absolute Gasteiger partial charge is 0.251 e. The van der Waals surface area contributed by atoms with Crippen LogP contribution in [0, 0.1) is 5.82 Å². The molecule has 0 bridgehead atoms. The van der Waals surface area contributed by atoms with Crippen molar-refractivity contribution in [2.75, 3.05) is 19.8 Å². The Hall–Kier alpha value is -2.56. The quantitative estimate of drug-likeness (QED) is 0.781. The average molecular weight is 345 g/mol. The molecule has 0 spiro atoms. The first kappa shape index (κ1) is 18.8. The van der Waals surface area contributed by atoms with Crippen LogP contribution in [0.15, 0.2) is 42.5 Å². The summed E-state index contributed by atoms with van der Waals surface area (Å²) in [5.74, 6) is 0.818. The molecule has 1 atom stereocenters. The topological polar surface area (TPSA) is 47.6 Å². The summed E-state index contributed by atoms with van der Waals surface area (Å²) < 4.78 is 24.0. The molecule has 0 saturated carbocycles. The van der Waals surface area contributed by atoms with E-state index in [2.05, 4.69) is 5.32 Å². The second-order valence-electron chi connectivity index (χ2n) is 5.69. The summed E-state index contributed by atoms with van der Waals surface area (Å²) in [6.07, 6.45) is 0. The lowest BCUT2D eigenvalue weighted by molar-refractivity contribution is 0.0951. The van der Waals surface area contributed by atoms with E-state index in [1.54, 1.807) is 30.3 Å². The fraction of sp³-hybridized carbons (Fsp3) is 0.350. The van der Waals surface area contributed by atoms with E-state index < -0.39 is 0 Å². The molecule has 25 heavy (non-hydrogen) atoms. The van der Waals surface area contributed by atoms with Crippen LogP contribution in [0.1, 0.15) is 42.6 Å². The van der Waals surface area contributed by atoms with Gasteiger partial charge in [-0.1, -0.05) is 19.1 Å². The molecule has 0 aromatic heterocycles. The lowest BCUT2D eigenvalue weighted by atomic mass is 10.0. The van der Waals surface area contributed by atoms with Crippen LogP contribution in [0.5, 0.6) is 11.5 Å². The fourth-order valence-corrected chi connectivity index (χ4v) is 2.45. The molecule has 0 radical (unpaired) electrons. The summed E-state index contributed by atoms with van der Waals surface area (Å²) in [5.41, 5.74) is 1.49. The number of carbonyl (C=O) groups is 1. The molecule has 134 valence electrons. The minimum atomic E-state index is -0.266. The van der Waals surface area contributed by atoms with Gasteiger partial charge >= 0.3 is 0 Å². The minimum absolute atomic E-state index is 0.0820. The molecule has 0 aliphatic heterocycles. The standard InChI is InChI=1S/C20H24FNO3/c1-4-24-18-11-8-16(12-19(18)25-5-2)20(23)22-13-14(3)15-6-9-17(21)10-7-15/h6-12,14H,4-5,13H2,1-3H3,(H,22,23). The molecule has 2 aromatic carbocycles. The highest BCUT2D eigenvalue weighted by atomic mass is 19.1. The predicted molar refractivity (Wildman–Crippen MR) is 95.9 cm³/mol. The monoisotopic (exact) mass is 345 g/mol. The van der Waals surface area contributed by atoms with Crippen LogP contribution in [0.3, 0.4) is 0 Å². The van der Waals surface area contributed by atoms with E-state index in [4.69, 9.17) is 9.47 Å². The maximum Gasteiger partial charge on any atom is 0.251 e. The molecule has 1 unspecified atom stereocenters. The number of nitrogens with one attached hydrogen (secondary N) is 1. The van der Waals surface area contributed by atoms with Crippen LogP contribution in [-0.2, 0) is 0 Å². The van der Waals surface area contributed by atoms with Crippen LogP contribution in [-0.4, -0.2) is 25.7 Å². The second kappa shape index (κ2) is 9.06. The summed E-state index contributed by atoms with van der Waals surface area (Å²) in [7, 11) is 0. The van der Waals surface area contributed by atoms with Crippen molar-refractivity contribution < 1.29 is 18.7 Å². The van der Waals surface area contributed by atoms with E-state index in [1.165, 1.54) is 12.1 Å². The summed E-state index contributed by atoms with van der Waals surface area (Å²) in [5, 5.41) is 2.90. The van der Waals surface area contributed by atoms with Gasteiger partial charge in [-0.25, -0.2) is 4.39 Å². The van der Waals surface area contributed by atoms with Crippen molar-refractivity contribution in [3.8, 4) is 11.5 Å². The molecule has 1 N–H and O–H groups in total. The molecule has 4 nitrogen and oxygen atoms in total. The Balaban J connectivity index is 2.02. The van der Waals surface area contributed by atoms with Gasteiger partial charge in [0.05, 0.1) is 13.2 Å². The van der Waals surface area contributed by atoms with Crippen LogP contribution >= 0.6 is 0 Å². The van der Waals surface area contributed by atoms with E-state index >= 15 is 0 Å². The molecule has 0 heterocycles. The third kappa shape index (κ3) is 5.21. The highest BCUT2D eigenvalue weighted by molar-refractivity contribution is 5.94. The fourth-order valence-electron chi connectivity index (χ4n) is 2.45. The van der Waals surface area contributed by atoms with Gasteiger partial charge in [-0.2, -0.15) is 0 Å². The van der Waals surface area contributed by atoms with Crippen LogP contribution < -0.4 is 14.8 Å². The highest BCUT2D eigenvalue weighted by Gasteiger charge is 2.13. The van der Waals surface area contributed by atoms with Crippen molar-refractivity contribution in [1.29, 1.82) is 0 Å². The summed E-state index contributed by atoms with van der Waals surface area (Å²) in [4.78, 5) is 12.4. The van der Waals surface area contributed by atoms with E-state index in [9.17, 15) is 9.18 Å². The van der Waals surface area contributed by atoms with Gasteiger partial charge in [0.1, 0.15) is 5.82 Å². The van der Waals surface area contributed by atoms with Gasteiger partial charge in [0.15, 0.2) is 11.5 Å². The zero-order chi connectivity index (χ0) is 18.2. The molecule has 5 heteroatoms. The number of ether oxygens (including phenoxy) is 2. The molecule has 1 amide bonds. The average Bonchev–Trinajstić information content (AvgIpc) is 2.62. The van der Waals surface area contributed by atoms with E-state index in [1.807, 2.05) is 20.8 Å². The number of benzene rings is 2. The Morgan fingerprint density at radius 3 is 2.32 bits per heavy atom. The number of amides is 1. The Bertz CT molecular complexity index is 701. The third-order valence-corrected chi connectivity index (χ3v) is 3.81. The molecule has 2 rings (SSSR count). The van der Waals surface area contributed by atoms with Crippen molar-refractivity contribution in [2.45, 2.75) is 26.7 Å². The van der Waals surface area contributed by atoms with E-state index in [-0.39, 0.29) is 17.6 Å². The molecule has 0 saturated heterocycles. The molecule has 0 fully saturated rings. The van der Waals surface area contributed by atoms with Crippen molar-refractivity contribution in [1.82, 2.24) is 5.32 Å². The van der Waals surface area contributed by atoms with Gasteiger partial charge in [0.2, 0.25) is 0 Å². The normalized spacial score (nSPS) is 11.7. The van der Waals surface area contributed by atoms with Gasteiger partial charge < -0.3 is 14.8 Å². The number of rotatable bonds is 8. The van der Waals surface area contributed by atoms with Crippen LogP contribution in [0.4, 0.5) is 4.39 Å². The molecular weight excluding hydrogens is 321 g/mol. The van der Waals surface area contributed by atoms with Crippen molar-refractivity contribution in [3.05, 3.63) is 59.4 Å². The Kier molecular flexibility index (Phi) is 6.81. The van der Waals surface area contributed by atoms with Gasteiger partial charge in [-0.05, 0) is 55.7 Å². The van der Waals surface area contributed by atoms with Crippen LogP contribution in [0.2, 0.25) is 0 Å². The Morgan fingerprint density at radius 1 is 1.04 bits per heavy atom. The molecule has 2 aromatic rings. The van der Waals surface area contributed by atoms with Gasteiger partial charge in [-0.15, -0.1) is 0 Å². The van der Waals surface area contributed by atoms with Gasteiger partial charge in [-0.3, -0.25) is 4.79 Å².